The van der Waals surface area contributed by atoms with E-state index in [1.807, 2.05) is 0 Å². The summed E-state index contributed by atoms with van der Waals surface area (Å²) >= 11 is 0. The van der Waals surface area contributed by atoms with E-state index in [0.29, 0.717) is 5.82 Å². The van der Waals surface area contributed by atoms with Gasteiger partial charge in [0.05, 0.1) is 5.56 Å². The van der Waals surface area contributed by atoms with E-state index in [9.17, 15) is 18.0 Å². The van der Waals surface area contributed by atoms with Gasteiger partial charge in [0.25, 0.3) is 0 Å². The quantitative estimate of drug-likeness (QED) is 0.760. The summed E-state index contributed by atoms with van der Waals surface area (Å²) in [6.07, 6.45) is 0.0797. The van der Waals surface area contributed by atoms with E-state index in [1.54, 1.807) is 18.5 Å². The standard InChI is InChI=1S/C15H11F3N6O/c16-15(17,18)10-2-4-11(5-3-10)22-14(25)23-12-8-13(20-9-19-12)24-7-1-6-21-24/h1-9H,(H2,19,20,22,23,25). The van der Waals surface area contributed by atoms with Crippen molar-refractivity contribution in [1.82, 2.24) is 19.7 Å². The Bertz CT molecular complexity index is 862. The third-order valence-corrected chi connectivity index (χ3v) is 3.10. The third kappa shape index (κ3) is 4.10. The minimum atomic E-state index is -4.43. The summed E-state index contributed by atoms with van der Waals surface area (Å²) in [6, 6.07) is 6.66. The first kappa shape index (κ1) is 16.4. The largest absolute Gasteiger partial charge is 0.416 e. The molecule has 0 spiro atoms. The van der Waals surface area contributed by atoms with Crippen molar-refractivity contribution >= 4 is 17.5 Å². The number of anilines is 2. The van der Waals surface area contributed by atoms with Crippen molar-refractivity contribution in [3.63, 3.8) is 0 Å². The van der Waals surface area contributed by atoms with E-state index in [2.05, 4.69) is 25.7 Å². The predicted molar refractivity (Wildman–Crippen MR) is 83.2 cm³/mol. The second kappa shape index (κ2) is 6.59. The molecule has 0 radical (unpaired) electrons. The Hall–Kier alpha value is -3.43. The molecule has 25 heavy (non-hydrogen) atoms. The van der Waals surface area contributed by atoms with Crippen LogP contribution in [0.15, 0.2) is 55.1 Å². The monoisotopic (exact) mass is 348 g/mol. The van der Waals surface area contributed by atoms with Crippen molar-refractivity contribution in [3.05, 3.63) is 60.7 Å². The van der Waals surface area contributed by atoms with E-state index in [4.69, 9.17) is 0 Å². The first-order chi connectivity index (χ1) is 11.9. The molecule has 3 rings (SSSR count). The summed E-state index contributed by atoms with van der Waals surface area (Å²) in [7, 11) is 0. The van der Waals surface area contributed by atoms with Crippen molar-refractivity contribution in [2.45, 2.75) is 6.18 Å². The lowest BCUT2D eigenvalue weighted by molar-refractivity contribution is -0.137. The zero-order chi connectivity index (χ0) is 17.9. The summed E-state index contributed by atoms with van der Waals surface area (Å²) in [5.74, 6) is 0.662. The van der Waals surface area contributed by atoms with Gasteiger partial charge in [-0.2, -0.15) is 18.3 Å². The highest BCUT2D eigenvalue weighted by Gasteiger charge is 2.29. The fourth-order valence-electron chi connectivity index (χ4n) is 1.97. The first-order valence-electron chi connectivity index (χ1n) is 6.99. The molecule has 0 atom stereocenters. The van der Waals surface area contributed by atoms with Crippen LogP contribution < -0.4 is 10.6 Å². The number of aromatic nitrogens is 4. The molecule has 0 unspecified atom stereocenters. The SMILES string of the molecule is O=C(Nc1ccc(C(F)(F)F)cc1)Nc1cc(-n2cccn2)ncn1. The highest BCUT2D eigenvalue weighted by atomic mass is 19.4. The third-order valence-electron chi connectivity index (χ3n) is 3.10. The Morgan fingerprint density at radius 3 is 2.48 bits per heavy atom. The van der Waals surface area contributed by atoms with Crippen LogP contribution in [0.25, 0.3) is 5.82 Å². The van der Waals surface area contributed by atoms with Crippen LogP contribution in [0.4, 0.5) is 29.5 Å². The van der Waals surface area contributed by atoms with Crippen LogP contribution in [0.1, 0.15) is 5.56 Å². The van der Waals surface area contributed by atoms with Crippen molar-refractivity contribution in [3.8, 4) is 5.82 Å². The molecule has 2 N–H and O–H groups in total. The highest BCUT2D eigenvalue weighted by molar-refractivity contribution is 5.99. The van der Waals surface area contributed by atoms with Crippen LogP contribution in [-0.4, -0.2) is 25.8 Å². The Balaban J connectivity index is 1.66. The molecular formula is C15H11F3N6O. The van der Waals surface area contributed by atoms with E-state index in [0.717, 1.165) is 24.3 Å². The number of halogens is 3. The summed E-state index contributed by atoms with van der Waals surface area (Å²) < 4.78 is 39.0. The van der Waals surface area contributed by atoms with E-state index >= 15 is 0 Å². The maximum atomic E-state index is 12.5. The van der Waals surface area contributed by atoms with Crippen LogP contribution in [-0.2, 0) is 6.18 Å². The average Bonchev–Trinajstić information content (AvgIpc) is 3.09. The Morgan fingerprint density at radius 2 is 1.84 bits per heavy atom. The van der Waals surface area contributed by atoms with Crippen LogP contribution in [0.3, 0.4) is 0 Å². The lowest BCUT2D eigenvalue weighted by Crippen LogP contribution is -2.20. The van der Waals surface area contributed by atoms with Crippen molar-refractivity contribution in [1.29, 1.82) is 0 Å². The van der Waals surface area contributed by atoms with Gasteiger partial charge in [-0.1, -0.05) is 0 Å². The summed E-state index contributed by atoms with van der Waals surface area (Å²) in [5.41, 5.74) is -0.579. The molecule has 0 bridgehead atoms. The summed E-state index contributed by atoms with van der Waals surface area (Å²) in [4.78, 5) is 19.9. The molecule has 2 aromatic heterocycles. The number of alkyl halides is 3. The number of hydrogen-bond donors (Lipinski definition) is 2. The molecule has 0 aliphatic rings. The van der Waals surface area contributed by atoms with Gasteiger partial charge >= 0.3 is 12.2 Å². The van der Waals surface area contributed by atoms with Gasteiger partial charge in [-0.3, -0.25) is 5.32 Å². The molecule has 2 heterocycles. The molecule has 1 aromatic carbocycles. The predicted octanol–water partition coefficient (Wildman–Crippen LogP) is 3.33. The molecule has 7 nitrogen and oxygen atoms in total. The first-order valence-corrected chi connectivity index (χ1v) is 6.99. The summed E-state index contributed by atoms with van der Waals surface area (Å²) in [6.45, 7) is 0. The molecule has 10 heteroatoms. The van der Waals surface area contributed by atoms with Crippen LogP contribution >= 0.6 is 0 Å². The van der Waals surface area contributed by atoms with Gasteiger partial charge in [0.1, 0.15) is 12.1 Å². The minimum absolute atomic E-state index is 0.213. The van der Waals surface area contributed by atoms with E-state index < -0.39 is 17.8 Å². The zero-order valence-corrected chi connectivity index (χ0v) is 12.5. The number of rotatable bonds is 3. The van der Waals surface area contributed by atoms with Gasteiger partial charge in [0.15, 0.2) is 5.82 Å². The van der Waals surface area contributed by atoms with Gasteiger partial charge in [0.2, 0.25) is 0 Å². The highest BCUT2D eigenvalue weighted by Crippen LogP contribution is 2.29. The number of hydrogen-bond acceptors (Lipinski definition) is 4. The summed E-state index contributed by atoms with van der Waals surface area (Å²) in [5, 5.41) is 8.90. The number of amides is 2. The Morgan fingerprint density at radius 1 is 1.08 bits per heavy atom. The molecule has 3 aromatic rings. The van der Waals surface area contributed by atoms with Crippen molar-refractivity contribution in [2.24, 2.45) is 0 Å². The van der Waals surface area contributed by atoms with E-state index in [-0.39, 0.29) is 11.5 Å². The molecule has 2 amide bonds. The lowest BCUT2D eigenvalue weighted by Gasteiger charge is -2.10. The Labute approximate surface area is 139 Å². The molecular weight excluding hydrogens is 337 g/mol. The molecule has 0 aliphatic carbocycles. The molecule has 128 valence electrons. The van der Waals surface area contributed by atoms with Crippen molar-refractivity contribution in [2.75, 3.05) is 10.6 Å². The Kier molecular flexibility index (Phi) is 4.33. The maximum Gasteiger partial charge on any atom is 0.416 e. The molecule has 0 saturated carbocycles. The minimum Gasteiger partial charge on any atom is -0.308 e. The van der Waals surface area contributed by atoms with Gasteiger partial charge in [0, 0.05) is 24.1 Å². The van der Waals surface area contributed by atoms with Crippen LogP contribution in [0, 0.1) is 0 Å². The molecule has 0 fully saturated rings. The van der Waals surface area contributed by atoms with Crippen LogP contribution in [0.5, 0.6) is 0 Å². The normalized spacial score (nSPS) is 11.2. The second-order valence-electron chi connectivity index (χ2n) is 4.87. The second-order valence-corrected chi connectivity index (χ2v) is 4.87. The number of nitrogens with one attached hydrogen (secondary N) is 2. The molecule has 0 saturated heterocycles. The number of benzene rings is 1. The topological polar surface area (TPSA) is 84.7 Å². The fourth-order valence-corrected chi connectivity index (χ4v) is 1.97. The van der Waals surface area contributed by atoms with Gasteiger partial charge in [-0.25, -0.2) is 19.4 Å². The lowest BCUT2D eigenvalue weighted by atomic mass is 10.2. The van der Waals surface area contributed by atoms with Gasteiger partial charge in [-0.05, 0) is 30.3 Å². The molecule has 0 aliphatic heterocycles. The number of nitrogens with zero attached hydrogens (tertiary/aromatic N) is 4. The maximum absolute atomic E-state index is 12.5. The fraction of sp³-hybridized carbons (Fsp3) is 0.0667. The van der Waals surface area contributed by atoms with Gasteiger partial charge < -0.3 is 5.32 Å². The van der Waals surface area contributed by atoms with Crippen LogP contribution in [0.2, 0.25) is 0 Å². The smallest absolute Gasteiger partial charge is 0.308 e. The van der Waals surface area contributed by atoms with E-state index in [1.165, 1.54) is 17.1 Å². The van der Waals surface area contributed by atoms with Gasteiger partial charge in [-0.15, -0.1) is 0 Å². The average molecular weight is 348 g/mol. The number of carbonyl (C=O) groups is 1. The number of urea groups is 1. The number of carbonyl (C=O) groups excluding carboxylic acids is 1. The zero-order valence-electron chi connectivity index (χ0n) is 12.5. The van der Waals surface area contributed by atoms with Crippen molar-refractivity contribution < 1.29 is 18.0 Å².